The number of carbonyl (C=O) groups excluding carboxylic acids is 1. The number of benzene rings is 1. The monoisotopic (exact) mass is 410 g/mol. The maximum Gasteiger partial charge on any atom is 0.224 e. The second-order valence-corrected chi connectivity index (χ2v) is 10.2. The highest BCUT2D eigenvalue weighted by atomic mass is 32.2. The van der Waals surface area contributed by atoms with Crippen molar-refractivity contribution in [3.05, 3.63) is 28.8 Å². The summed E-state index contributed by atoms with van der Waals surface area (Å²) in [5.74, 6) is 0.858. The van der Waals surface area contributed by atoms with E-state index < -0.39 is 10.0 Å². The minimum atomic E-state index is -3.26. The first-order chi connectivity index (χ1) is 13.1. The molecule has 1 saturated heterocycles. The van der Waals surface area contributed by atoms with Gasteiger partial charge in [-0.25, -0.2) is 12.7 Å². The Labute approximate surface area is 169 Å². The van der Waals surface area contributed by atoms with Crippen LogP contribution in [0.4, 0.5) is 0 Å². The zero-order chi connectivity index (χ0) is 21.1. The van der Waals surface area contributed by atoms with Gasteiger partial charge in [0.15, 0.2) is 0 Å². The van der Waals surface area contributed by atoms with Crippen molar-refractivity contribution in [2.24, 2.45) is 5.92 Å². The molecule has 28 heavy (non-hydrogen) atoms. The highest BCUT2D eigenvalue weighted by Crippen LogP contribution is 2.32. The van der Waals surface area contributed by atoms with Gasteiger partial charge in [-0.15, -0.1) is 0 Å². The lowest BCUT2D eigenvalue weighted by Crippen LogP contribution is -2.46. The van der Waals surface area contributed by atoms with Gasteiger partial charge in [0.05, 0.1) is 24.8 Å². The summed E-state index contributed by atoms with van der Waals surface area (Å²) in [6, 6.07) is 3.97. The maximum absolute atomic E-state index is 12.8. The molecule has 1 aliphatic heterocycles. The van der Waals surface area contributed by atoms with Crippen molar-refractivity contribution in [1.29, 1.82) is 0 Å². The lowest BCUT2D eigenvalue weighted by atomic mass is 9.92. The van der Waals surface area contributed by atoms with Gasteiger partial charge < -0.3 is 10.1 Å². The second kappa shape index (κ2) is 9.27. The number of aryl methyl sites for hydroxylation is 1. The van der Waals surface area contributed by atoms with Crippen molar-refractivity contribution in [2.45, 2.75) is 59.4 Å². The molecule has 6 nitrogen and oxygen atoms in total. The Bertz CT molecular complexity index is 805. The Kier molecular flexibility index (Phi) is 7.51. The summed E-state index contributed by atoms with van der Waals surface area (Å²) in [5, 5.41) is 3.10. The number of ether oxygens (including phenoxy) is 1. The van der Waals surface area contributed by atoms with Crippen LogP contribution in [0.2, 0.25) is 0 Å². The number of amides is 1. The molecule has 1 heterocycles. The van der Waals surface area contributed by atoms with Crippen molar-refractivity contribution in [3.63, 3.8) is 0 Å². The summed E-state index contributed by atoms with van der Waals surface area (Å²) in [6.45, 7) is 10.6. The third-order valence-electron chi connectivity index (χ3n) is 5.58. The number of sulfonamides is 1. The van der Waals surface area contributed by atoms with E-state index in [1.165, 1.54) is 4.31 Å². The fourth-order valence-electron chi connectivity index (χ4n) is 3.81. The first-order valence-corrected chi connectivity index (χ1v) is 11.7. The fraction of sp³-hybridized carbons (Fsp3) is 0.667. The number of hydrogen-bond donors (Lipinski definition) is 1. The lowest BCUT2D eigenvalue weighted by molar-refractivity contribution is -0.126. The van der Waals surface area contributed by atoms with Crippen LogP contribution >= 0.6 is 0 Å². The van der Waals surface area contributed by atoms with Gasteiger partial charge in [0.2, 0.25) is 15.9 Å². The van der Waals surface area contributed by atoms with Crippen molar-refractivity contribution in [3.8, 4) is 5.75 Å². The Morgan fingerprint density at radius 1 is 1.29 bits per heavy atom. The molecular formula is C21H34N2O4S. The Balaban J connectivity index is 2.15. The molecule has 2 rings (SSSR count). The lowest BCUT2D eigenvalue weighted by Gasteiger charge is -2.31. The number of carbonyl (C=O) groups is 1. The van der Waals surface area contributed by atoms with E-state index in [4.69, 9.17) is 4.74 Å². The summed E-state index contributed by atoms with van der Waals surface area (Å²) in [7, 11) is -1.59. The van der Waals surface area contributed by atoms with E-state index in [0.717, 1.165) is 22.4 Å². The number of nitrogens with zero attached hydrogens (tertiary/aromatic N) is 1. The molecule has 0 bridgehead atoms. The molecule has 0 aliphatic carbocycles. The van der Waals surface area contributed by atoms with Crippen LogP contribution in [0, 0.1) is 12.8 Å². The van der Waals surface area contributed by atoms with Gasteiger partial charge in [0.25, 0.3) is 0 Å². The van der Waals surface area contributed by atoms with Crippen molar-refractivity contribution in [2.75, 3.05) is 26.0 Å². The molecule has 0 aromatic heterocycles. The summed E-state index contributed by atoms with van der Waals surface area (Å²) >= 11 is 0. The van der Waals surface area contributed by atoms with Gasteiger partial charge in [-0.05, 0) is 68.4 Å². The van der Waals surface area contributed by atoms with Crippen LogP contribution in [0.5, 0.6) is 5.75 Å². The van der Waals surface area contributed by atoms with Crippen LogP contribution in [0.3, 0.4) is 0 Å². The van der Waals surface area contributed by atoms with Gasteiger partial charge in [0.1, 0.15) is 5.75 Å². The molecule has 1 aromatic rings. The third-order valence-corrected chi connectivity index (χ3v) is 7.43. The Morgan fingerprint density at radius 3 is 2.54 bits per heavy atom. The largest absolute Gasteiger partial charge is 0.496 e. The summed E-state index contributed by atoms with van der Waals surface area (Å²) in [6.07, 6.45) is 1.43. The predicted octanol–water partition coefficient (Wildman–Crippen LogP) is 3.37. The molecule has 1 aromatic carbocycles. The molecule has 2 atom stereocenters. The third kappa shape index (κ3) is 5.06. The normalized spacial score (nSPS) is 19.5. The van der Waals surface area contributed by atoms with Crippen molar-refractivity contribution in [1.82, 2.24) is 9.62 Å². The van der Waals surface area contributed by atoms with E-state index in [1.54, 1.807) is 14.0 Å². The van der Waals surface area contributed by atoms with Gasteiger partial charge in [-0.3, -0.25) is 4.79 Å². The molecule has 1 aliphatic rings. The zero-order valence-electron chi connectivity index (χ0n) is 17.9. The minimum Gasteiger partial charge on any atom is -0.496 e. The van der Waals surface area contributed by atoms with E-state index in [1.807, 2.05) is 19.9 Å². The summed E-state index contributed by atoms with van der Waals surface area (Å²) in [4.78, 5) is 12.8. The molecule has 1 N–H and O–H groups in total. The van der Waals surface area contributed by atoms with Gasteiger partial charge in [-0.1, -0.05) is 13.8 Å². The van der Waals surface area contributed by atoms with Crippen LogP contribution in [0.1, 0.15) is 69.2 Å². The molecule has 0 radical (unpaired) electrons. The van der Waals surface area contributed by atoms with Crippen LogP contribution < -0.4 is 10.1 Å². The van der Waals surface area contributed by atoms with E-state index in [2.05, 4.69) is 25.2 Å². The van der Waals surface area contributed by atoms with Gasteiger partial charge in [-0.2, -0.15) is 0 Å². The predicted molar refractivity (Wildman–Crippen MR) is 112 cm³/mol. The van der Waals surface area contributed by atoms with E-state index >= 15 is 0 Å². The van der Waals surface area contributed by atoms with Gasteiger partial charge >= 0.3 is 0 Å². The molecular weight excluding hydrogens is 376 g/mol. The molecule has 0 spiro atoms. The van der Waals surface area contributed by atoms with E-state index in [9.17, 15) is 13.2 Å². The number of methoxy groups -OCH3 is 1. The van der Waals surface area contributed by atoms with Crippen molar-refractivity contribution >= 4 is 15.9 Å². The Hall–Kier alpha value is -1.60. The molecule has 1 fully saturated rings. The molecule has 0 unspecified atom stereocenters. The zero-order valence-corrected chi connectivity index (χ0v) is 18.7. The van der Waals surface area contributed by atoms with Crippen LogP contribution in [-0.4, -0.2) is 44.6 Å². The fourth-order valence-corrected chi connectivity index (χ4v) is 4.99. The van der Waals surface area contributed by atoms with Crippen LogP contribution in [-0.2, 0) is 14.8 Å². The average Bonchev–Trinajstić information content (AvgIpc) is 2.67. The van der Waals surface area contributed by atoms with Crippen molar-refractivity contribution < 1.29 is 17.9 Å². The molecule has 158 valence electrons. The highest BCUT2D eigenvalue weighted by molar-refractivity contribution is 7.89. The molecule has 7 heteroatoms. The van der Waals surface area contributed by atoms with E-state index in [-0.39, 0.29) is 30.2 Å². The maximum atomic E-state index is 12.8. The minimum absolute atomic E-state index is 0.0702. The first-order valence-electron chi connectivity index (χ1n) is 10.1. The number of nitrogens with one attached hydrogen (secondary N) is 1. The van der Waals surface area contributed by atoms with Crippen LogP contribution in [0.25, 0.3) is 0 Å². The number of piperidine rings is 1. The highest BCUT2D eigenvalue weighted by Gasteiger charge is 2.32. The first kappa shape index (κ1) is 22.7. The van der Waals surface area contributed by atoms with E-state index in [0.29, 0.717) is 25.3 Å². The summed E-state index contributed by atoms with van der Waals surface area (Å²) < 4.78 is 31.3. The average molecular weight is 411 g/mol. The van der Waals surface area contributed by atoms with Gasteiger partial charge in [0, 0.05) is 13.1 Å². The Morgan fingerprint density at radius 2 is 1.96 bits per heavy atom. The number of hydrogen-bond acceptors (Lipinski definition) is 4. The molecule has 1 amide bonds. The SMILES string of the molecule is CCS(=O)(=O)N1CCC[C@H](C(=O)N[C@H](C)c2cc(C(C)C)c(OC)cc2C)C1. The second-order valence-electron chi connectivity index (χ2n) is 7.93. The summed E-state index contributed by atoms with van der Waals surface area (Å²) in [5.41, 5.74) is 3.24. The van der Waals surface area contributed by atoms with Crippen LogP contribution in [0.15, 0.2) is 12.1 Å². The molecule has 0 saturated carbocycles. The quantitative estimate of drug-likeness (QED) is 0.748. The topological polar surface area (TPSA) is 75.7 Å². The smallest absolute Gasteiger partial charge is 0.224 e. The number of rotatable bonds is 7. The standard InChI is InChI=1S/C21H34N2O4S/c1-7-28(25,26)23-10-8-9-17(13-23)21(24)22-16(5)19-12-18(14(2)3)20(27-6)11-15(19)4/h11-12,14,16-17H,7-10,13H2,1-6H3,(H,22,24)/t16-,17+/m1/s1.